The summed E-state index contributed by atoms with van der Waals surface area (Å²) in [4.78, 5) is 14.2. The molecule has 0 amide bonds. The Bertz CT molecular complexity index is 811. The molecule has 3 rings (SSSR count). The van der Waals surface area contributed by atoms with Gasteiger partial charge in [-0.3, -0.25) is 4.79 Å². The van der Waals surface area contributed by atoms with Gasteiger partial charge < -0.3 is 4.98 Å². The molecule has 1 aromatic heterocycles. The van der Waals surface area contributed by atoms with Crippen molar-refractivity contribution in [2.75, 3.05) is 0 Å². The van der Waals surface area contributed by atoms with Crippen LogP contribution in [0.15, 0.2) is 53.3 Å². The first-order chi connectivity index (χ1) is 9.16. The van der Waals surface area contributed by atoms with Gasteiger partial charge in [-0.15, -0.1) is 0 Å². The molecule has 0 saturated heterocycles. The van der Waals surface area contributed by atoms with Gasteiger partial charge in [0.2, 0.25) is 0 Å². The van der Waals surface area contributed by atoms with Gasteiger partial charge in [0.25, 0.3) is 5.56 Å². The second-order valence-corrected chi connectivity index (χ2v) is 4.64. The van der Waals surface area contributed by atoms with Crippen LogP contribution in [0.5, 0.6) is 0 Å². The zero-order chi connectivity index (χ0) is 13.4. The van der Waals surface area contributed by atoms with Gasteiger partial charge in [-0.05, 0) is 23.8 Å². The maximum atomic E-state index is 14.2. The highest BCUT2D eigenvalue weighted by Gasteiger charge is 2.14. The summed E-state index contributed by atoms with van der Waals surface area (Å²) in [5.41, 5.74) is 0.767. The topological polar surface area (TPSA) is 32.9 Å². The summed E-state index contributed by atoms with van der Waals surface area (Å²) in [6.45, 7) is 0. The van der Waals surface area contributed by atoms with E-state index < -0.39 is 11.4 Å². The number of rotatable bonds is 1. The Morgan fingerprint density at radius 3 is 2.53 bits per heavy atom. The van der Waals surface area contributed by atoms with E-state index in [1.165, 1.54) is 0 Å². The van der Waals surface area contributed by atoms with Crippen LogP contribution in [0.3, 0.4) is 0 Å². The van der Waals surface area contributed by atoms with E-state index in [9.17, 15) is 9.18 Å². The van der Waals surface area contributed by atoms with Crippen molar-refractivity contribution in [2.45, 2.75) is 0 Å². The lowest BCUT2D eigenvalue weighted by atomic mass is 10.0. The molecule has 0 aliphatic carbocycles. The van der Waals surface area contributed by atoms with Crippen LogP contribution in [0.1, 0.15) is 0 Å². The normalized spacial score (nSPS) is 10.8. The second kappa shape index (κ2) is 4.52. The molecule has 4 heteroatoms. The number of halogens is 2. The number of benzene rings is 2. The monoisotopic (exact) mass is 273 g/mol. The molecular weight excluding hydrogens is 265 g/mol. The number of pyridine rings is 1. The van der Waals surface area contributed by atoms with E-state index in [4.69, 9.17) is 11.6 Å². The fraction of sp³-hybridized carbons (Fsp3) is 0. The van der Waals surface area contributed by atoms with Crippen LogP contribution in [0.25, 0.3) is 22.0 Å². The van der Waals surface area contributed by atoms with E-state index in [0.29, 0.717) is 21.5 Å². The van der Waals surface area contributed by atoms with Crippen LogP contribution in [0.2, 0.25) is 5.02 Å². The SMILES string of the molecule is O=c1[nH]c2ccc(Cl)cc2c(-c2ccccc2)c1F. The summed E-state index contributed by atoms with van der Waals surface area (Å²) >= 11 is 5.96. The van der Waals surface area contributed by atoms with E-state index in [0.717, 1.165) is 0 Å². The highest BCUT2D eigenvalue weighted by Crippen LogP contribution is 2.30. The molecule has 0 atom stereocenters. The molecule has 0 aliphatic rings. The number of hydrogen-bond donors (Lipinski definition) is 1. The van der Waals surface area contributed by atoms with Crippen molar-refractivity contribution in [3.63, 3.8) is 0 Å². The lowest BCUT2D eigenvalue weighted by Gasteiger charge is -2.08. The minimum absolute atomic E-state index is 0.279. The summed E-state index contributed by atoms with van der Waals surface area (Å²) in [5, 5.41) is 1.09. The third-order valence-electron chi connectivity index (χ3n) is 2.98. The molecule has 94 valence electrons. The number of aromatic amines is 1. The maximum absolute atomic E-state index is 14.2. The molecule has 0 unspecified atom stereocenters. The van der Waals surface area contributed by atoms with Gasteiger partial charge in [0, 0.05) is 21.5 Å². The van der Waals surface area contributed by atoms with E-state index in [2.05, 4.69) is 4.98 Å². The smallest absolute Gasteiger partial charge is 0.285 e. The molecule has 19 heavy (non-hydrogen) atoms. The van der Waals surface area contributed by atoms with Gasteiger partial charge in [-0.25, -0.2) is 4.39 Å². The fourth-order valence-electron chi connectivity index (χ4n) is 2.13. The Kier molecular flexibility index (Phi) is 2.84. The van der Waals surface area contributed by atoms with Crippen LogP contribution in [-0.2, 0) is 0 Å². The summed E-state index contributed by atoms with van der Waals surface area (Å²) in [6, 6.07) is 13.9. The average molecular weight is 274 g/mol. The maximum Gasteiger partial charge on any atom is 0.285 e. The number of aromatic nitrogens is 1. The van der Waals surface area contributed by atoms with Crippen molar-refractivity contribution >= 4 is 22.5 Å². The predicted molar refractivity (Wildman–Crippen MR) is 75.0 cm³/mol. The van der Waals surface area contributed by atoms with Crippen LogP contribution >= 0.6 is 11.6 Å². The van der Waals surface area contributed by atoms with Gasteiger partial charge in [0.05, 0.1) is 0 Å². The molecular formula is C15H9ClFNO. The second-order valence-electron chi connectivity index (χ2n) is 4.20. The largest absolute Gasteiger partial charge is 0.319 e. The Morgan fingerprint density at radius 1 is 1.05 bits per heavy atom. The van der Waals surface area contributed by atoms with Crippen LogP contribution in [0.4, 0.5) is 4.39 Å². The van der Waals surface area contributed by atoms with Crippen molar-refractivity contribution in [3.05, 3.63) is 69.7 Å². The molecule has 0 spiro atoms. The van der Waals surface area contributed by atoms with E-state index in [-0.39, 0.29) is 5.56 Å². The lowest BCUT2D eigenvalue weighted by Crippen LogP contribution is -2.12. The average Bonchev–Trinajstić information content (AvgIpc) is 2.42. The third-order valence-corrected chi connectivity index (χ3v) is 3.22. The lowest BCUT2D eigenvalue weighted by molar-refractivity contribution is 0.615. The summed E-state index contributed by atoms with van der Waals surface area (Å²) in [6.07, 6.45) is 0. The number of hydrogen-bond acceptors (Lipinski definition) is 1. The molecule has 0 saturated carbocycles. The van der Waals surface area contributed by atoms with E-state index in [1.54, 1.807) is 42.5 Å². The number of fused-ring (bicyclic) bond motifs is 1. The van der Waals surface area contributed by atoms with Gasteiger partial charge in [0.15, 0.2) is 5.82 Å². The highest BCUT2D eigenvalue weighted by atomic mass is 35.5. The highest BCUT2D eigenvalue weighted by molar-refractivity contribution is 6.31. The molecule has 2 aromatic carbocycles. The first-order valence-corrected chi connectivity index (χ1v) is 6.11. The van der Waals surface area contributed by atoms with Crippen molar-refractivity contribution in [2.24, 2.45) is 0 Å². The molecule has 0 aliphatic heterocycles. The van der Waals surface area contributed by atoms with Gasteiger partial charge in [-0.2, -0.15) is 0 Å². The number of H-pyrrole nitrogens is 1. The summed E-state index contributed by atoms with van der Waals surface area (Å²) in [7, 11) is 0. The Morgan fingerprint density at radius 2 is 1.79 bits per heavy atom. The Hall–Kier alpha value is -2.13. The van der Waals surface area contributed by atoms with Crippen LogP contribution in [0, 0.1) is 5.82 Å². The minimum atomic E-state index is -0.791. The van der Waals surface area contributed by atoms with Crippen molar-refractivity contribution in [1.82, 2.24) is 4.98 Å². The zero-order valence-electron chi connectivity index (χ0n) is 9.78. The summed E-state index contributed by atoms with van der Waals surface area (Å²) in [5.74, 6) is -0.791. The fourth-order valence-corrected chi connectivity index (χ4v) is 2.30. The molecule has 1 heterocycles. The molecule has 0 radical (unpaired) electrons. The summed E-state index contributed by atoms with van der Waals surface area (Å²) < 4.78 is 14.2. The van der Waals surface area contributed by atoms with Crippen LogP contribution in [-0.4, -0.2) is 4.98 Å². The van der Waals surface area contributed by atoms with Crippen molar-refractivity contribution < 1.29 is 4.39 Å². The minimum Gasteiger partial charge on any atom is -0.319 e. The molecule has 2 nitrogen and oxygen atoms in total. The molecule has 0 fully saturated rings. The molecule has 0 bridgehead atoms. The standard InChI is InChI=1S/C15H9ClFNO/c16-10-6-7-12-11(8-10)13(14(17)15(19)18-12)9-4-2-1-3-5-9/h1-8H,(H,18,19). The molecule has 3 aromatic rings. The van der Waals surface area contributed by atoms with Crippen LogP contribution < -0.4 is 5.56 Å². The van der Waals surface area contributed by atoms with Crippen molar-refractivity contribution in [1.29, 1.82) is 0 Å². The van der Waals surface area contributed by atoms with Gasteiger partial charge in [0.1, 0.15) is 0 Å². The Labute approximate surface area is 113 Å². The Balaban J connectivity index is 2.48. The van der Waals surface area contributed by atoms with Gasteiger partial charge >= 0.3 is 0 Å². The van der Waals surface area contributed by atoms with E-state index in [1.807, 2.05) is 6.07 Å². The third kappa shape index (κ3) is 2.02. The van der Waals surface area contributed by atoms with Gasteiger partial charge in [-0.1, -0.05) is 41.9 Å². The number of nitrogens with one attached hydrogen (secondary N) is 1. The first-order valence-electron chi connectivity index (χ1n) is 5.73. The van der Waals surface area contributed by atoms with E-state index >= 15 is 0 Å². The quantitative estimate of drug-likeness (QED) is 0.714. The molecule has 1 N–H and O–H groups in total. The first kappa shape index (κ1) is 11.9. The predicted octanol–water partition coefficient (Wildman–Crippen LogP) is 3.99. The van der Waals surface area contributed by atoms with Crippen molar-refractivity contribution in [3.8, 4) is 11.1 Å². The zero-order valence-corrected chi connectivity index (χ0v) is 10.5.